The summed E-state index contributed by atoms with van der Waals surface area (Å²) in [5, 5.41) is 11.7. The van der Waals surface area contributed by atoms with Gasteiger partial charge in [0.15, 0.2) is 22.3 Å². The highest BCUT2D eigenvalue weighted by molar-refractivity contribution is 7.90. The number of aromatic nitrogens is 2. The van der Waals surface area contributed by atoms with E-state index in [2.05, 4.69) is 5.10 Å². The summed E-state index contributed by atoms with van der Waals surface area (Å²) >= 11 is 18.3. The first-order valence-corrected chi connectivity index (χ1v) is 14.3. The van der Waals surface area contributed by atoms with Crippen LogP contribution >= 0.6 is 41.1 Å². The highest BCUT2D eigenvalue weighted by Gasteiger charge is 2.45. The molecule has 2 aromatic carbocycles. The molecule has 1 aromatic heterocycles. The van der Waals surface area contributed by atoms with Gasteiger partial charge in [-0.15, -0.1) is 0 Å². The third-order valence-electron chi connectivity index (χ3n) is 4.85. The van der Waals surface area contributed by atoms with Crippen molar-refractivity contribution in [3.8, 4) is 11.8 Å². The molecule has 1 heterocycles. The van der Waals surface area contributed by atoms with Crippen molar-refractivity contribution < 1.29 is 35.1 Å². The summed E-state index contributed by atoms with van der Waals surface area (Å²) in [5.74, 6) is -0.856. The zero-order chi connectivity index (χ0) is 27.9. The van der Waals surface area contributed by atoms with Gasteiger partial charge in [-0.25, -0.2) is 8.89 Å². The van der Waals surface area contributed by atoms with E-state index in [1.165, 1.54) is 6.07 Å². The number of benzene rings is 2. The van der Waals surface area contributed by atoms with Crippen LogP contribution in [0.4, 0.5) is 32.2 Å². The minimum atomic E-state index is -5.40. The van der Waals surface area contributed by atoms with Gasteiger partial charge in [-0.1, -0.05) is 53.5 Å². The summed E-state index contributed by atoms with van der Waals surface area (Å²) < 4.78 is 107. The fraction of sp³-hybridized carbons (Fsp3) is 0.200. The number of alkyl halides is 6. The van der Waals surface area contributed by atoms with Crippen LogP contribution in [0, 0.1) is 11.3 Å². The minimum Gasteiger partial charge on any atom is -0.297 e. The Morgan fingerprint density at radius 2 is 1.65 bits per heavy atom. The lowest BCUT2D eigenvalue weighted by molar-refractivity contribution is -0.137. The second kappa shape index (κ2) is 10.5. The molecule has 0 N–H and O–H groups in total. The molecule has 0 aliphatic heterocycles. The number of halogens is 9. The Morgan fingerprint density at radius 1 is 1.11 bits per heavy atom. The third kappa shape index (κ3) is 6.10. The molecule has 0 radical (unpaired) electrons. The average molecular weight is 624 g/mol. The quantitative estimate of drug-likeness (QED) is 0.207. The average Bonchev–Trinajstić information content (AvgIpc) is 3.15. The third-order valence-corrected chi connectivity index (χ3v) is 9.47. The summed E-state index contributed by atoms with van der Waals surface area (Å²) in [6.45, 7) is -4.19. The molecule has 2 unspecified atom stereocenters. The molecule has 37 heavy (non-hydrogen) atoms. The van der Waals surface area contributed by atoms with E-state index in [4.69, 9.17) is 34.4 Å². The number of hydrogen-bond donors (Lipinski definition) is 0. The van der Waals surface area contributed by atoms with Crippen LogP contribution in [0.2, 0.25) is 10.0 Å². The van der Waals surface area contributed by atoms with E-state index in [1.54, 1.807) is 30.3 Å². The molecule has 0 saturated heterocycles. The molecule has 0 spiro atoms. The van der Waals surface area contributed by atoms with Gasteiger partial charge in [-0.3, -0.25) is 9.24 Å². The summed E-state index contributed by atoms with van der Waals surface area (Å²) in [4.78, 5) is -1.22. The number of nitriles is 1. The van der Waals surface area contributed by atoms with Crippen LogP contribution in [0.3, 0.4) is 0 Å². The molecule has 17 heteroatoms. The lowest BCUT2D eigenvalue weighted by Gasteiger charge is -2.27. The van der Waals surface area contributed by atoms with E-state index >= 15 is 0 Å². The van der Waals surface area contributed by atoms with Crippen molar-refractivity contribution in [1.29, 1.82) is 5.26 Å². The second-order valence-corrected chi connectivity index (χ2v) is 13.3. The Bertz CT molecular complexity index is 1430. The molecular weight excluding hydrogens is 612 g/mol. The minimum absolute atomic E-state index is 0.397. The monoisotopic (exact) mass is 622 g/mol. The zero-order valence-corrected chi connectivity index (χ0v) is 22.1. The van der Waals surface area contributed by atoms with Gasteiger partial charge in [0.1, 0.15) is 16.7 Å². The van der Waals surface area contributed by atoms with Gasteiger partial charge in [0, 0.05) is 7.05 Å². The standard InChI is InChI=1S/C20H12Cl3F6N4O2PS/c1-32(36(23,34)10-11-5-3-2-4-6-11)18-17(37(35)20(27,28)29)15(9-30)31-33(18)16-13(21)7-12(8-14(16)22)19(24,25)26/h2-8H,10H2,1H3. The molecule has 198 valence electrons. The van der Waals surface area contributed by atoms with E-state index in [-0.39, 0.29) is 0 Å². The lowest BCUT2D eigenvalue weighted by Crippen LogP contribution is -2.22. The number of nitrogens with zero attached hydrogens (tertiary/aromatic N) is 4. The van der Waals surface area contributed by atoms with E-state index in [1.807, 2.05) is 0 Å². The zero-order valence-electron chi connectivity index (χ0n) is 18.1. The van der Waals surface area contributed by atoms with Gasteiger partial charge >= 0.3 is 11.7 Å². The van der Waals surface area contributed by atoms with Gasteiger partial charge in [-0.05, 0) is 28.9 Å². The lowest BCUT2D eigenvalue weighted by atomic mass is 10.2. The Kier molecular flexibility index (Phi) is 8.32. The Morgan fingerprint density at radius 3 is 2.11 bits per heavy atom. The molecule has 0 amide bonds. The summed E-state index contributed by atoms with van der Waals surface area (Å²) in [6, 6.07) is 10.2. The SMILES string of the molecule is CN(c1c(S(=O)C(F)(F)F)c(C#N)nn1-c1c(Cl)cc(C(F)(F)F)cc1Cl)P(=O)(Cl)Cc1ccccc1. The van der Waals surface area contributed by atoms with Crippen LogP contribution in [-0.4, -0.2) is 26.5 Å². The number of hydrogen-bond acceptors (Lipinski definition) is 4. The largest absolute Gasteiger partial charge is 0.476 e. The summed E-state index contributed by atoms with van der Waals surface area (Å²) in [5.41, 5.74) is -7.88. The van der Waals surface area contributed by atoms with Crippen LogP contribution < -0.4 is 4.67 Å². The summed E-state index contributed by atoms with van der Waals surface area (Å²) in [7, 11) is -2.91. The van der Waals surface area contributed by atoms with Crippen molar-refractivity contribution in [1.82, 2.24) is 9.78 Å². The van der Waals surface area contributed by atoms with Gasteiger partial charge in [0.2, 0.25) is 0 Å². The van der Waals surface area contributed by atoms with Crippen LogP contribution in [0.25, 0.3) is 5.69 Å². The van der Waals surface area contributed by atoms with Crippen molar-refractivity contribution in [2.45, 2.75) is 22.7 Å². The fourth-order valence-electron chi connectivity index (χ4n) is 3.18. The van der Waals surface area contributed by atoms with Crippen molar-refractivity contribution >= 4 is 57.7 Å². The fourth-order valence-corrected chi connectivity index (χ4v) is 6.75. The number of anilines is 1. The van der Waals surface area contributed by atoms with Crippen molar-refractivity contribution in [3.05, 3.63) is 69.3 Å². The predicted molar refractivity (Wildman–Crippen MR) is 128 cm³/mol. The smallest absolute Gasteiger partial charge is 0.297 e. The molecule has 0 aliphatic carbocycles. The van der Waals surface area contributed by atoms with Crippen molar-refractivity contribution in [3.63, 3.8) is 0 Å². The van der Waals surface area contributed by atoms with Gasteiger partial charge < -0.3 is 0 Å². The first-order valence-electron chi connectivity index (χ1n) is 9.64. The molecule has 0 fully saturated rings. The molecule has 2 atom stereocenters. The number of rotatable bonds is 6. The Labute approximate surface area is 223 Å². The van der Waals surface area contributed by atoms with E-state index in [9.17, 15) is 40.4 Å². The van der Waals surface area contributed by atoms with Crippen LogP contribution in [0.15, 0.2) is 47.4 Å². The molecule has 0 bridgehead atoms. The Balaban J connectivity index is 2.35. The first kappa shape index (κ1) is 29.3. The maximum atomic E-state index is 13.5. The highest BCUT2D eigenvalue weighted by atomic mass is 35.7. The Hall–Kier alpha value is -2.23. The van der Waals surface area contributed by atoms with Gasteiger partial charge in [-0.2, -0.15) is 36.7 Å². The molecule has 3 rings (SSSR count). The molecule has 0 aliphatic rings. The van der Waals surface area contributed by atoms with Crippen molar-refractivity contribution in [2.24, 2.45) is 0 Å². The van der Waals surface area contributed by atoms with Crippen molar-refractivity contribution in [2.75, 3.05) is 11.7 Å². The predicted octanol–water partition coefficient (Wildman–Crippen LogP) is 7.77. The molecule has 0 saturated carbocycles. The second-order valence-electron chi connectivity index (χ2n) is 7.31. The van der Waals surface area contributed by atoms with E-state index in [0.717, 1.165) is 7.05 Å². The normalized spacial score (nSPS) is 14.6. The summed E-state index contributed by atoms with van der Waals surface area (Å²) in [6.07, 6.45) is -5.27. The van der Waals surface area contributed by atoms with Crippen LogP contribution in [-0.2, 0) is 27.7 Å². The van der Waals surface area contributed by atoms with Crippen LogP contribution in [0.5, 0.6) is 0 Å². The highest BCUT2D eigenvalue weighted by Crippen LogP contribution is 2.60. The maximum Gasteiger partial charge on any atom is 0.476 e. The van der Waals surface area contributed by atoms with Crippen LogP contribution in [0.1, 0.15) is 16.8 Å². The van der Waals surface area contributed by atoms with E-state index in [0.29, 0.717) is 27.0 Å². The van der Waals surface area contributed by atoms with E-state index < -0.39 is 73.0 Å². The van der Waals surface area contributed by atoms with Gasteiger partial charge in [0.05, 0.1) is 21.8 Å². The molecule has 6 nitrogen and oxygen atoms in total. The first-order chi connectivity index (χ1) is 17.0. The topological polar surface area (TPSA) is 79.0 Å². The van der Waals surface area contributed by atoms with Gasteiger partial charge in [0.25, 0.3) is 6.65 Å². The maximum absolute atomic E-state index is 13.5. The molecular formula is C20H12Cl3F6N4O2PS. The molecule has 3 aromatic rings.